The molecule has 0 spiro atoms. The molecule has 6 heteroatoms. The molecule has 2 rings (SSSR count). The molecule has 0 heterocycles. The lowest BCUT2D eigenvalue weighted by Crippen LogP contribution is -2.14. The minimum Gasteiger partial charge on any atom is -0.398 e. The summed E-state index contributed by atoms with van der Waals surface area (Å²) >= 11 is 12.2. The molecule has 0 aromatic heterocycles. The predicted octanol–water partition coefficient (Wildman–Crippen LogP) is 3.89. The summed E-state index contributed by atoms with van der Waals surface area (Å²) in [5.41, 5.74) is 7.84. The standard InChI is InChI=1S/C15H15Cl2N3O/c1-20(2)13-7-6-9(8-11(13)16)19-15(21)10-4-3-5-12(18)14(10)17/h3-8H,18H2,1-2H3,(H,19,21). The van der Waals surface area contributed by atoms with Crippen LogP contribution in [0.15, 0.2) is 36.4 Å². The second-order valence-corrected chi connectivity index (χ2v) is 5.51. The molecular weight excluding hydrogens is 309 g/mol. The van der Waals surface area contributed by atoms with Crippen LogP contribution < -0.4 is 16.0 Å². The number of nitrogens with zero attached hydrogens (tertiary/aromatic N) is 1. The van der Waals surface area contributed by atoms with Crippen LogP contribution in [0.1, 0.15) is 10.4 Å². The maximum Gasteiger partial charge on any atom is 0.257 e. The number of carbonyl (C=O) groups is 1. The number of hydrogen-bond acceptors (Lipinski definition) is 3. The van der Waals surface area contributed by atoms with Gasteiger partial charge in [-0.05, 0) is 30.3 Å². The third kappa shape index (κ3) is 3.40. The first kappa shape index (κ1) is 15.5. The monoisotopic (exact) mass is 323 g/mol. The Bertz CT molecular complexity index is 687. The zero-order valence-electron chi connectivity index (χ0n) is 11.7. The van der Waals surface area contributed by atoms with Gasteiger partial charge in [-0.25, -0.2) is 0 Å². The van der Waals surface area contributed by atoms with Crippen LogP contribution in [0.5, 0.6) is 0 Å². The summed E-state index contributed by atoms with van der Waals surface area (Å²) in [5, 5.41) is 3.55. The molecule has 0 aliphatic carbocycles. The lowest BCUT2D eigenvalue weighted by Gasteiger charge is -2.15. The lowest BCUT2D eigenvalue weighted by molar-refractivity contribution is 0.102. The zero-order chi connectivity index (χ0) is 15.6. The average Bonchev–Trinajstić information content (AvgIpc) is 2.41. The largest absolute Gasteiger partial charge is 0.398 e. The van der Waals surface area contributed by atoms with Crippen molar-refractivity contribution in [2.24, 2.45) is 0 Å². The summed E-state index contributed by atoms with van der Waals surface area (Å²) in [6.45, 7) is 0. The van der Waals surface area contributed by atoms with Crippen LogP contribution in [-0.2, 0) is 0 Å². The minimum atomic E-state index is -0.332. The number of hydrogen-bond donors (Lipinski definition) is 2. The average molecular weight is 324 g/mol. The van der Waals surface area contributed by atoms with E-state index in [2.05, 4.69) is 5.32 Å². The van der Waals surface area contributed by atoms with E-state index in [1.807, 2.05) is 25.1 Å². The number of nitrogen functional groups attached to an aromatic ring is 1. The molecule has 0 fully saturated rings. The van der Waals surface area contributed by atoms with Gasteiger partial charge in [-0.15, -0.1) is 0 Å². The second kappa shape index (κ2) is 6.24. The highest BCUT2D eigenvalue weighted by Crippen LogP contribution is 2.28. The zero-order valence-corrected chi connectivity index (χ0v) is 13.2. The van der Waals surface area contributed by atoms with Gasteiger partial charge in [0.2, 0.25) is 0 Å². The fourth-order valence-corrected chi connectivity index (χ4v) is 2.43. The van der Waals surface area contributed by atoms with E-state index in [1.165, 1.54) is 0 Å². The molecule has 0 unspecified atom stereocenters. The van der Waals surface area contributed by atoms with Crippen LogP contribution in [-0.4, -0.2) is 20.0 Å². The normalized spacial score (nSPS) is 10.3. The quantitative estimate of drug-likeness (QED) is 0.842. The van der Waals surface area contributed by atoms with Crippen molar-refractivity contribution in [3.8, 4) is 0 Å². The van der Waals surface area contributed by atoms with E-state index in [9.17, 15) is 4.79 Å². The maximum atomic E-state index is 12.2. The van der Waals surface area contributed by atoms with Crippen molar-refractivity contribution in [1.82, 2.24) is 0 Å². The number of amides is 1. The summed E-state index contributed by atoms with van der Waals surface area (Å²) < 4.78 is 0. The maximum absolute atomic E-state index is 12.2. The summed E-state index contributed by atoms with van der Waals surface area (Å²) in [5.74, 6) is -0.332. The molecule has 0 aliphatic rings. The molecule has 0 aliphatic heterocycles. The van der Waals surface area contributed by atoms with E-state index >= 15 is 0 Å². The van der Waals surface area contributed by atoms with E-state index in [0.29, 0.717) is 22.0 Å². The Balaban J connectivity index is 2.24. The molecule has 3 N–H and O–H groups in total. The number of halogens is 2. The fourth-order valence-electron chi connectivity index (χ4n) is 1.87. The van der Waals surface area contributed by atoms with Gasteiger partial charge < -0.3 is 16.0 Å². The Morgan fingerprint density at radius 3 is 2.52 bits per heavy atom. The molecule has 0 bridgehead atoms. The van der Waals surface area contributed by atoms with Gasteiger partial charge in [0.15, 0.2) is 0 Å². The van der Waals surface area contributed by atoms with Gasteiger partial charge in [-0.2, -0.15) is 0 Å². The van der Waals surface area contributed by atoms with E-state index in [-0.39, 0.29) is 10.9 Å². The SMILES string of the molecule is CN(C)c1ccc(NC(=O)c2cccc(N)c2Cl)cc1Cl. The molecular formula is C15H15Cl2N3O. The Kier molecular flexibility index (Phi) is 4.60. The molecule has 4 nitrogen and oxygen atoms in total. The van der Waals surface area contributed by atoms with Crippen molar-refractivity contribution in [1.29, 1.82) is 0 Å². The van der Waals surface area contributed by atoms with Crippen LogP contribution in [0.25, 0.3) is 0 Å². The number of nitrogens with two attached hydrogens (primary N) is 1. The van der Waals surface area contributed by atoms with E-state index in [4.69, 9.17) is 28.9 Å². The number of benzene rings is 2. The Labute approximate surface area is 133 Å². The highest BCUT2D eigenvalue weighted by atomic mass is 35.5. The predicted molar refractivity (Wildman–Crippen MR) is 89.6 cm³/mol. The van der Waals surface area contributed by atoms with Crippen LogP contribution in [0, 0.1) is 0 Å². The van der Waals surface area contributed by atoms with Crippen molar-refractivity contribution >= 4 is 46.2 Å². The number of nitrogens with one attached hydrogen (secondary N) is 1. The first-order chi connectivity index (χ1) is 9.90. The Hall–Kier alpha value is -1.91. The summed E-state index contributed by atoms with van der Waals surface area (Å²) in [6.07, 6.45) is 0. The van der Waals surface area contributed by atoms with Crippen molar-refractivity contribution in [2.45, 2.75) is 0 Å². The number of carbonyl (C=O) groups excluding carboxylic acids is 1. The summed E-state index contributed by atoms with van der Waals surface area (Å²) in [4.78, 5) is 14.1. The molecule has 0 saturated heterocycles. The Morgan fingerprint density at radius 2 is 1.90 bits per heavy atom. The number of rotatable bonds is 3. The molecule has 110 valence electrons. The van der Waals surface area contributed by atoms with Gasteiger partial charge in [-0.3, -0.25) is 4.79 Å². The molecule has 0 atom stereocenters. The van der Waals surface area contributed by atoms with Gasteiger partial charge in [0.05, 0.1) is 27.0 Å². The smallest absolute Gasteiger partial charge is 0.257 e. The van der Waals surface area contributed by atoms with Crippen LogP contribution in [0.3, 0.4) is 0 Å². The van der Waals surface area contributed by atoms with Crippen LogP contribution in [0.4, 0.5) is 17.1 Å². The molecule has 21 heavy (non-hydrogen) atoms. The van der Waals surface area contributed by atoms with Crippen molar-refractivity contribution in [3.05, 3.63) is 52.0 Å². The van der Waals surface area contributed by atoms with Crippen molar-refractivity contribution < 1.29 is 4.79 Å². The second-order valence-electron chi connectivity index (χ2n) is 4.72. The molecule has 0 saturated carbocycles. The highest BCUT2D eigenvalue weighted by molar-refractivity contribution is 6.37. The van der Waals surface area contributed by atoms with Crippen molar-refractivity contribution in [3.63, 3.8) is 0 Å². The number of anilines is 3. The van der Waals surface area contributed by atoms with Gasteiger partial charge >= 0.3 is 0 Å². The molecule has 1 amide bonds. The third-order valence-electron chi connectivity index (χ3n) is 2.96. The van der Waals surface area contributed by atoms with Crippen LogP contribution >= 0.6 is 23.2 Å². The molecule has 0 radical (unpaired) electrons. The summed E-state index contributed by atoms with van der Waals surface area (Å²) in [7, 11) is 3.79. The lowest BCUT2D eigenvalue weighted by atomic mass is 10.2. The van der Waals surface area contributed by atoms with Gasteiger partial charge in [0.1, 0.15) is 0 Å². The highest BCUT2D eigenvalue weighted by Gasteiger charge is 2.13. The fraction of sp³-hybridized carbons (Fsp3) is 0.133. The van der Waals surface area contributed by atoms with E-state index in [1.54, 1.807) is 30.3 Å². The van der Waals surface area contributed by atoms with Crippen molar-refractivity contribution in [2.75, 3.05) is 30.0 Å². The minimum absolute atomic E-state index is 0.242. The Morgan fingerprint density at radius 1 is 1.19 bits per heavy atom. The summed E-state index contributed by atoms with van der Waals surface area (Å²) in [6, 6.07) is 10.2. The third-order valence-corrected chi connectivity index (χ3v) is 3.69. The van der Waals surface area contributed by atoms with Gasteiger partial charge in [0, 0.05) is 19.8 Å². The van der Waals surface area contributed by atoms with E-state index in [0.717, 1.165) is 5.69 Å². The van der Waals surface area contributed by atoms with Crippen LogP contribution in [0.2, 0.25) is 10.0 Å². The molecule has 2 aromatic rings. The van der Waals surface area contributed by atoms with Gasteiger partial charge in [0.25, 0.3) is 5.91 Å². The van der Waals surface area contributed by atoms with Gasteiger partial charge in [-0.1, -0.05) is 29.3 Å². The first-order valence-corrected chi connectivity index (χ1v) is 6.98. The molecule has 2 aromatic carbocycles. The van der Waals surface area contributed by atoms with E-state index < -0.39 is 0 Å². The first-order valence-electron chi connectivity index (χ1n) is 6.22. The topological polar surface area (TPSA) is 58.4 Å².